The maximum atomic E-state index is 12.7. The van der Waals surface area contributed by atoms with E-state index >= 15 is 0 Å². The number of halogens is 3. The molecule has 19 rings (SSSR count). The summed E-state index contributed by atoms with van der Waals surface area (Å²) in [6.07, 6.45) is 17.2. The summed E-state index contributed by atoms with van der Waals surface area (Å²) >= 11 is 0. The van der Waals surface area contributed by atoms with Crippen LogP contribution >= 0.6 is 0 Å². The molecule has 0 spiro atoms. The largest absolute Gasteiger partial charge is 0.399 e. The van der Waals surface area contributed by atoms with Crippen LogP contribution in [0.25, 0.3) is 33.9 Å². The van der Waals surface area contributed by atoms with Gasteiger partial charge in [0.05, 0.1) is 96.0 Å². The van der Waals surface area contributed by atoms with E-state index in [1.54, 1.807) is 0 Å². The first-order valence-corrected chi connectivity index (χ1v) is 42.0. The maximum absolute atomic E-state index is 12.7. The Bertz CT molecular complexity index is 4360. The second kappa shape index (κ2) is 33.1. The molecule has 0 N–H and O–H groups in total. The van der Waals surface area contributed by atoms with Crippen molar-refractivity contribution in [3.63, 3.8) is 0 Å². The molecule has 1 aromatic rings. The van der Waals surface area contributed by atoms with Crippen molar-refractivity contribution in [1.29, 1.82) is 47.4 Å². The molecule has 19 heteroatoms. The molecular weight excluding hydrogens is 1400 g/mol. The number of fused-ring (bicyclic) bond motifs is 23. The SMILES string of the molecule is CC(C#N)C1CC2CC1CC2C#N.[C-]#[N+]C1(C)C2CC(C#N)C(C2)C1C.[C-]#[N+]C1(C)CC2CC1C1C3CC(C#N)C(C3)C21.[C-]#[N+]C1(C)CC2CC1CC2C#N.[C-]#[N+]C1C2CC(C#N)C(C2)C1C.[C-]#[N+]C1C2CC(C#N)C(C2)C1C(F)(F)F.[C-]#[N+]C1C2CC(C#N)C(C2)C1CC.[C-]#[N+]C1C2CC(C#N)C(C2)C1c1ccccc1. The third-order valence-electron chi connectivity index (χ3n) is 34.3. The van der Waals surface area contributed by atoms with E-state index in [1.165, 1.54) is 24.8 Å². The topological polar surface area (TPSA) is 245 Å². The van der Waals surface area contributed by atoms with Crippen molar-refractivity contribution in [2.75, 3.05) is 0 Å². The van der Waals surface area contributed by atoms with Crippen LogP contribution in [0.15, 0.2) is 30.3 Å². The molecule has 1 aromatic carbocycles. The van der Waals surface area contributed by atoms with E-state index in [-0.39, 0.29) is 82.1 Å². The average molecular weight is 1510 g/mol. The van der Waals surface area contributed by atoms with Crippen molar-refractivity contribution in [2.24, 2.45) is 201 Å². The minimum absolute atomic E-state index is 0.0571. The third-order valence-corrected chi connectivity index (χ3v) is 34.3. The van der Waals surface area contributed by atoms with Gasteiger partial charge in [-0.15, -0.1) is 0 Å². The van der Waals surface area contributed by atoms with Crippen LogP contribution in [-0.4, -0.2) is 47.0 Å². The zero-order chi connectivity index (χ0) is 80.8. The fourth-order valence-corrected chi connectivity index (χ4v) is 28.8. The highest BCUT2D eigenvalue weighted by molar-refractivity contribution is 5.31. The number of hydrogen-bond donors (Lipinski definition) is 0. The predicted molar refractivity (Wildman–Crippen MR) is 411 cm³/mol. The summed E-state index contributed by atoms with van der Waals surface area (Å²) in [5.41, 5.74) is 0.898. The third kappa shape index (κ3) is 14.4. The molecular formula is C93H107F3N16. The van der Waals surface area contributed by atoms with E-state index in [0.717, 1.165) is 126 Å². The Balaban J connectivity index is 0.000000119. The first kappa shape index (κ1) is 82.3. The standard InChI is InChI=1S/C15H18N2.C15H14N2.3C11H14N2.C10H9F3N2.2C10H12N2/c1-15(17-2)6-9-5-12(15)14-8-3-10(7-16)11(4-8)13(9)14;1-17-15-11-7-12(9-16)13(8-11)14(15)10-5-3-2-4-6-10;1-7-10-5-9(4-8(10)6-12)11(7,2)13-3;1-7(5-12)11-4-8-2-9(11)3-10(8)6-13;1-3-9-10-5-7(11(9)13-2)4-8(10)6-12;1-15-9-5-2-6(4-14)7(3-5)8(9)10(11,12)13;1-10(12-2)5-7-3-9(10)4-8(7)6-11;1-6-9-4-7(10(6)12-2)3-8(9)5-11/h8-14H,3-6H2,1H3;2-6,11-15H,7-8H2;7-10H,4-5H2,1-2H3;7-11H,2-4H2,1H3;7-11H,3-5H2,1H3;5-9H,2-3H2;7-9H,3-5H2,1H3;6-10H,3-4H2,1H3. The van der Waals surface area contributed by atoms with Crippen LogP contribution < -0.4 is 0 Å². The quantitative estimate of drug-likeness (QED) is 0.206. The Kier molecular flexibility index (Phi) is 24.3. The zero-order valence-corrected chi connectivity index (χ0v) is 66.0. The van der Waals surface area contributed by atoms with Crippen LogP contribution in [0.1, 0.15) is 195 Å². The highest BCUT2D eigenvalue weighted by Crippen LogP contribution is 2.72. The molecule has 18 fully saturated rings. The van der Waals surface area contributed by atoms with Gasteiger partial charge in [-0.25, -0.2) is 46.0 Å². The van der Waals surface area contributed by atoms with Crippen LogP contribution in [0.3, 0.4) is 0 Å². The molecule has 42 atom stereocenters. The molecule has 0 radical (unpaired) electrons. The van der Waals surface area contributed by atoms with E-state index in [2.05, 4.69) is 136 Å². The normalized spacial score (nSPS) is 48.6. The fraction of sp³-hybridized carbons (Fsp3) is 0.763. The van der Waals surface area contributed by atoms with Gasteiger partial charge in [0.2, 0.25) is 40.8 Å². The van der Waals surface area contributed by atoms with Gasteiger partial charge in [-0.3, -0.25) is 0 Å². The van der Waals surface area contributed by atoms with E-state index in [4.69, 9.17) is 82.8 Å². The fourth-order valence-electron chi connectivity index (χ4n) is 28.8. The first-order valence-electron chi connectivity index (χ1n) is 42.0. The van der Waals surface area contributed by atoms with Crippen LogP contribution in [-0.2, 0) is 0 Å². The van der Waals surface area contributed by atoms with Crippen LogP contribution in [0.2, 0.25) is 0 Å². The molecule has 0 aliphatic heterocycles. The zero-order valence-electron chi connectivity index (χ0n) is 66.0. The lowest BCUT2D eigenvalue weighted by molar-refractivity contribution is -0.191. The molecule has 0 saturated heterocycles. The molecule has 18 aliphatic rings. The maximum Gasteiger partial charge on any atom is 0.399 e. The molecule has 0 amide bonds. The van der Waals surface area contributed by atoms with Crippen molar-refractivity contribution >= 4 is 0 Å². The molecule has 18 saturated carbocycles. The average Bonchev–Trinajstić information content (AvgIpc) is 1.53. The number of hydrogen-bond acceptors (Lipinski definition) is 9. The van der Waals surface area contributed by atoms with Gasteiger partial charge in [-0.05, 0) is 217 Å². The molecule has 0 heterocycles. The van der Waals surface area contributed by atoms with Crippen molar-refractivity contribution in [2.45, 2.75) is 236 Å². The number of nitriles is 9. The highest BCUT2D eigenvalue weighted by Gasteiger charge is 2.71. The molecule has 0 aromatic heterocycles. The van der Waals surface area contributed by atoms with E-state index in [1.807, 2.05) is 31.2 Å². The van der Waals surface area contributed by atoms with Crippen molar-refractivity contribution < 1.29 is 13.2 Å². The molecule has 580 valence electrons. The summed E-state index contributed by atoms with van der Waals surface area (Å²) in [4.78, 5) is 25.8. The Morgan fingerprint density at radius 1 is 0.429 bits per heavy atom. The van der Waals surface area contributed by atoms with Gasteiger partial charge < -0.3 is 33.9 Å². The summed E-state index contributed by atoms with van der Waals surface area (Å²) in [6.45, 7) is 65.0. The Morgan fingerprint density at radius 2 is 0.902 bits per heavy atom. The van der Waals surface area contributed by atoms with E-state index in [9.17, 15) is 23.7 Å². The van der Waals surface area contributed by atoms with E-state index in [0.29, 0.717) is 131 Å². The van der Waals surface area contributed by atoms with Gasteiger partial charge in [-0.1, -0.05) is 51.1 Å². The van der Waals surface area contributed by atoms with Crippen molar-refractivity contribution in [3.8, 4) is 54.6 Å². The second-order valence-corrected chi connectivity index (χ2v) is 38.6. The summed E-state index contributed by atoms with van der Waals surface area (Å²) in [5.74, 6) is 12.2. The Morgan fingerprint density at radius 3 is 1.41 bits per heavy atom. The lowest BCUT2D eigenvalue weighted by atomic mass is 9.63. The minimum atomic E-state index is -4.33. The predicted octanol–water partition coefficient (Wildman–Crippen LogP) is 20.6. The van der Waals surface area contributed by atoms with Crippen LogP contribution in [0, 0.1) is 349 Å². The second-order valence-electron chi connectivity index (χ2n) is 38.6. The van der Waals surface area contributed by atoms with Crippen LogP contribution in [0.5, 0.6) is 0 Å². The number of alkyl halides is 3. The number of nitrogens with zero attached hydrogens (tertiary/aromatic N) is 16. The van der Waals surface area contributed by atoms with Gasteiger partial charge >= 0.3 is 6.18 Å². The lowest BCUT2D eigenvalue weighted by Crippen LogP contribution is -2.42. The highest BCUT2D eigenvalue weighted by atomic mass is 19.4. The summed E-state index contributed by atoms with van der Waals surface area (Å²) in [5, 5.41) is 80.3. The molecule has 112 heavy (non-hydrogen) atoms. The van der Waals surface area contributed by atoms with Gasteiger partial charge in [0.25, 0.3) is 0 Å². The van der Waals surface area contributed by atoms with Crippen LogP contribution in [0.4, 0.5) is 13.2 Å². The van der Waals surface area contributed by atoms with Gasteiger partial charge in [0, 0.05) is 111 Å². The monoisotopic (exact) mass is 1500 g/mol. The van der Waals surface area contributed by atoms with Gasteiger partial charge in [-0.2, -0.15) is 60.5 Å². The summed E-state index contributed by atoms with van der Waals surface area (Å²) in [6, 6.07) is 31.1. The Labute approximate surface area is 664 Å². The Hall–Kier alpha value is -9.15. The molecule has 42 unspecified atom stereocenters. The number of rotatable bonds is 3. The van der Waals surface area contributed by atoms with E-state index < -0.39 is 30.0 Å². The lowest BCUT2D eigenvalue weighted by Gasteiger charge is -2.39. The first-order chi connectivity index (χ1) is 53.7. The van der Waals surface area contributed by atoms with Crippen molar-refractivity contribution in [1.82, 2.24) is 0 Å². The van der Waals surface area contributed by atoms with Crippen molar-refractivity contribution in [3.05, 3.63) is 116 Å². The molecule has 16 nitrogen and oxygen atoms in total. The number of benzene rings is 1. The molecule has 18 bridgehead atoms. The van der Waals surface area contributed by atoms with Gasteiger partial charge in [0.1, 0.15) is 5.92 Å². The minimum Gasteiger partial charge on any atom is -0.313 e. The smallest absolute Gasteiger partial charge is 0.313 e. The van der Waals surface area contributed by atoms with Gasteiger partial charge in [0.15, 0.2) is 0 Å². The molecule has 18 aliphatic carbocycles. The summed E-state index contributed by atoms with van der Waals surface area (Å²) in [7, 11) is 0. The summed E-state index contributed by atoms with van der Waals surface area (Å²) < 4.78 is 38.1.